The molecule has 0 aromatic carbocycles. The summed E-state index contributed by atoms with van der Waals surface area (Å²) in [4.78, 5) is 10.8. The first-order chi connectivity index (χ1) is 8.83. The molecule has 2 nitrogen and oxygen atoms in total. The fraction of sp³-hybridized carbons (Fsp3) is 0.533. The molecule has 0 N–H and O–H groups in total. The number of ether oxygens (including phenoxy) is 1. The maximum atomic E-state index is 10.8. The first-order valence-electron chi connectivity index (χ1n) is 6.73. The van der Waals surface area contributed by atoms with E-state index in [1.807, 2.05) is 0 Å². The lowest BCUT2D eigenvalue weighted by atomic mass is 10.1. The zero-order valence-electron chi connectivity index (χ0n) is 11.0. The van der Waals surface area contributed by atoms with E-state index in [2.05, 4.69) is 29.5 Å². The molecule has 0 saturated carbocycles. The second-order valence-electron chi connectivity index (χ2n) is 4.41. The van der Waals surface area contributed by atoms with Crippen molar-refractivity contribution < 1.29 is 9.53 Å². The molecule has 1 rings (SSSR count). The van der Waals surface area contributed by atoms with E-state index >= 15 is 0 Å². The molecule has 1 aliphatic heterocycles. The predicted molar refractivity (Wildman–Crippen MR) is 81.0 cm³/mol. The number of carbonyl (C=O) groups is 1. The molecule has 0 aromatic heterocycles. The number of hydrogen-bond acceptors (Lipinski definition) is 2. The van der Waals surface area contributed by atoms with Crippen LogP contribution >= 0.6 is 10.9 Å². The standard InChI is InChI=1S/C15H24O2S/c1-2-15(16)17-11-7-5-3-4-6-8-12-18-13-9-10-14-18/h2,9-10,13-14,18H,1,3-8,11-12H2. The van der Waals surface area contributed by atoms with Gasteiger partial charge in [-0.15, -0.1) is 0 Å². The molecule has 1 aliphatic rings. The van der Waals surface area contributed by atoms with Crippen LogP contribution in [0, 0.1) is 0 Å². The van der Waals surface area contributed by atoms with Crippen LogP contribution in [0.15, 0.2) is 35.6 Å². The highest BCUT2D eigenvalue weighted by Crippen LogP contribution is 2.33. The highest BCUT2D eigenvalue weighted by Gasteiger charge is 1.99. The molecule has 0 aliphatic carbocycles. The fourth-order valence-electron chi connectivity index (χ4n) is 1.85. The first-order valence-corrected chi connectivity index (χ1v) is 8.39. The normalized spacial score (nSPS) is 15.0. The third-order valence-electron chi connectivity index (χ3n) is 2.89. The zero-order valence-corrected chi connectivity index (χ0v) is 11.9. The van der Waals surface area contributed by atoms with Crippen LogP contribution in [-0.2, 0) is 9.53 Å². The molecule has 0 radical (unpaired) electrons. The topological polar surface area (TPSA) is 26.3 Å². The quantitative estimate of drug-likeness (QED) is 0.279. The third kappa shape index (κ3) is 7.38. The smallest absolute Gasteiger partial charge is 0.330 e. The summed E-state index contributed by atoms with van der Waals surface area (Å²) in [6, 6.07) is 0. The molecule has 0 spiro atoms. The molecule has 3 heteroatoms. The Kier molecular flexibility index (Phi) is 8.40. The Hall–Kier alpha value is -0.960. The van der Waals surface area contributed by atoms with E-state index in [-0.39, 0.29) is 16.9 Å². The summed E-state index contributed by atoms with van der Waals surface area (Å²) in [5, 5.41) is 4.67. The molecule has 102 valence electrons. The molecular weight excluding hydrogens is 244 g/mol. The largest absolute Gasteiger partial charge is 0.463 e. The third-order valence-corrected chi connectivity index (χ3v) is 4.83. The van der Waals surface area contributed by atoms with Crippen LogP contribution in [0.4, 0.5) is 0 Å². The summed E-state index contributed by atoms with van der Waals surface area (Å²) in [6.45, 7) is 3.89. The van der Waals surface area contributed by atoms with Crippen molar-refractivity contribution in [1.82, 2.24) is 0 Å². The van der Waals surface area contributed by atoms with Crippen molar-refractivity contribution >= 4 is 16.9 Å². The minimum Gasteiger partial charge on any atom is -0.463 e. The summed E-state index contributed by atoms with van der Waals surface area (Å²) >= 11 is 0. The minimum atomic E-state index is -0.310. The highest BCUT2D eigenvalue weighted by atomic mass is 32.2. The summed E-state index contributed by atoms with van der Waals surface area (Å²) in [5.41, 5.74) is 0. The summed E-state index contributed by atoms with van der Waals surface area (Å²) < 4.78 is 4.92. The molecule has 18 heavy (non-hydrogen) atoms. The number of carbonyl (C=O) groups excluding carboxylic acids is 1. The number of hydrogen-bond donors (Lipinski definition) is 1. The van der Waals surface area contributed by atoms with Gasteiger partial charge in [0.05, 0.1) is 6.61 Å². The van der Waals surface area contributed by atoms with E-state index in [1.165, 1.54) is 37.5 Å². The van der Waals surface area contributed by atoms with E-state index in [0.29, 0.717) is 6.61 Å². The molecule has 1 heterocycles. The maximum Gasteiger partial charge on any atom is 0.330 e. The maximum absolute atomic E-state index is 10.8. The Bertz CT molecular complexity index is 296. The van der Waals surface area contributed by atoms with E-state index in [9.17, 15) is 4.79 Å². The van der Waals surface area contributed by atoms with Gasteiger partial charge in [-0.1, -0.05) is 44.4 Å². The van der Waals surface area contributed by atoms with Crippen molar-refractivity contribution in [2.75, 3.05) is 12.4 Å². The van der Waals surface area contributed by atoms with Crippen molar-refractivity contribution in [2.24, 2.45) is 0 Å². The van der Waals surface area contributed by atoms with Gasteiger partial charge in [0.15, 0.2) is 0 Å². The van der Waals surface area contributed by atoms with Gasteiger partial charge in [-0.3, -0.25) is 0 Å². The monoisotopic (exact) mass is 268 g/mol. The van der Waals surface area contributed by atoms with E-state index in [0.717, 1.165) is 12.8 Å². The molecule has 0 amide bonds. The van der Waals surface area contributed by atoms with Crippen molar-refractivity contribution in [3.8, 4) is 0 Å². The fourth-order valence-corrected chi connectivity index (χ4v) is 3.48. The summed E-state index contributed by atoms with van der Waals surface area (Å²) in [6.07, 6.45) is 12.9. The van der Waals surface area contributed by atoms with Crippen LogP contribution in [0.5, 0.6) is 0 Å². The lowest BCUT2D eigenvalue weighted by Crippen LogP contribution is -2.01. The zero-order chi connectivity index (χ0) is 13.1. The van der Waals surface area contributed by atoms with Gasteiger partial charge in [-0.25, -0.2) is 15.7 Å². The Morgan fingerprint density at radius 2 is 1.67 bits per heavy atom. The molecule has 0 unspecified atom stereocenters. The van der Waals surface area contributed by atoms with Crippen molar-refractivity contribution in [3.63, 3.8) is 0 Å². The van der Waals surface area contributed by atoms with Crippen molar-refractivity contribution in [2.45, 2.75) is 38.5 Å². The lowest BCUT2D eigenvalue weighted by molar-refractivity contribution is -0.137. The second-order valence-corrected chi connectivity index (χ2v) is 6.49. The van der Waals surface area contributed by atoms with Crippen LogP contribution in [0.1, 0.15) is 38.5 Å². The van der Waals surface area contributed by atoms with Crippen LogP contribution in [-0.4, -0.2) is 18.3 Å². The Balaban J connectivity index is 1.78. The van der Waals surface area contributed by atoms with E-state index in [4.69, 9.17) is 4.74 Å². The summed E-state index contributed by atoms with van der Waals surface area (Å²) in [5.74, 6) is 1.04. The lowest BCUT2D eigenvalue weighted by Gasteiger charge is -2.08. The molecule has 0 atom stereocenters. The number of allylic oxidation sites excluding steroid dienone is 2. The minimum absolute atomic E-state index is 0.0873. The Morgan fingerprint density at radius 3 is 2.33 bits per heavy atom. The summed E-state index contributed by atoms with van der Waals surface area (Å²) in [7, 11) is 0.0873. The van der Waals surface area contributed by atoms with Crippen molar-refractivity contribution in [1.29, 1.82) is 0 Å². The van der Waals surface area contributed by atoms with Gasteiger partial charge in [0.2, 0.25) is 0 Å². The molecule has 0 bridgehead atoms. The number of unbranched alkanes of at least 4 members (excludes halogenated alkanes) is 5. The molecule has 0 saturated heterocycles. The first kappa shape index (κ1) is 15.1. The van der Waals surface area contributed by atoms with E-state index in [1.54, 1.807) is 0 Å². The highest BCUT2D eigenvalue weighted by molar-refractivity contribution is 8.22. The number of rotatable bonds is 10. The van der Waals surface area contributed by atoms with Gasteiger partial charge in [-0.05, 0) is 29.4 Å². The molecule has 0 fully saturated rings. The SMILES string of the molecule is C=CC(=O)OCCCCCCCC[SH]1C=CC=C1. The van der Waals surface area contributed by atoms with Gasteiger partial charge in [0.1, 0.15) is 0 Å². The van der Waals surface area contributed by atoms with Gasteiger partial charge in [-0.2, -0.15) is 0 Å². The van der Waals surface area contributed by atoms with Gasteiger partial charge < -0.3 is 4.74 Å². The van der Waals surface area contributed by atoms with Crippen LogP contribution in [0.2, 0.25) is 0 Å². The predicted octanol–water partition coefficient (Wildman–Crippen LogP) is 4.10. The molecule has 0 aromatic rings. The van der Waals surface area contributed by atoms with Crippen LogP contribution < -0.4 is 0 Å². The second kappa shape index (κ2) is 10.0. The van der Waals surface area contributed by atoms with Gasteiger partial charge in [0, 0.05) is 6.08 Å². The average Bonchev–Trinajstić information content (AvgIpc) is 2.89. The molecular formula is C15H24O2S. The average molecular weight is 268 g/mol. The number of esters is 1. The van der Waals surface area contributed by atoms with Gasteiger partial charge >= 0.3 is 5.97 Å². The Labute approximate surface area is 113 Å². The van der Waals surface area contributed by atoms with Crippen LogP contribution in [0.3, 0.4) is 0 Å². The van der Waals surface area contributed by atoms with Crippen molar-refractivity contribution in [3.05, 3.63) is 35.6 Å². The van der Waals surface area contributed by atoms with E-state index < -0.39 is 0 Å². The van der Waals surface area contributed by atoms with Gasteiger partial charge in [0.25, 0.3) is 0 Å². The van der Waals surface area contributed by atoms with Crippen LogP contribution in [0.25, 0.3) is 0 Å². The number of thiol groups is 1. The Morgan fingerprint density at radius 1 is 1.06 bits per heavy atom.